The van der Waals surface area contributed by atoms with Gasteiger partial charge in [-0.25, -0.2) is 4.98 Å². The van der Waals surface area contributed by atoms with Crippen molar-refractivity contribution >= 4 is 33.1 Å². The van der Waals surface area contributed by atoms with Gasteiger partial charge in [-0.1, -0.05) is 12.5 Å². The van der Waals surface area contributed by atoms with Crippen LogP contribution < -0.4 is 5.32 Å². The number of hydrogen-bond acceptors (Lipinski definition) is 4. The maximum Gasteiger partial charge on any atom is 0.283 e. The van der Waals surface area contributed by atoms with Crippen molar-refractivity contribution in [1.29, 1.82) is 0 Å². The van der Waals surface area contributed by atoms with E-state index in [0.717, 1.165) is 25.8 Å². The van der Waals surface area contributed by atoms with E-state index in [1.165, 1.54) is 12.1 Å². The van der Waals surface area contributed by atoms with Crippen molar-refractivity contribution in [3.63, 3.8) is 0 Å². The Morgan fingerprint density at radius 1 is 1.10 bits per heavy atom. The Hall–Kier alpha value is -3.20. The summed E-state index contributed by atoms with van der Waals surface area (Å²) in [5.41, 5.74) is 1.43. The number of carbonyl (C=O) groups excluding carboxylic acids is 1. The fourth-order valence-electron chi connectivity index (χ4n) is 3.38. The van der Waals surface area contributed by atoms with Gasteiger partial charge in [-0.05, 0) is 49.2 Å². The summed E-state index contributed by atoms with van der Waals surface area (Å²) < 4.78 is 31.2. The molecule has 1 saturated heterocycles. The molecule has 0 spiro atoms. The maximum atomic E-state index is 12.7. The molecule has 0 aliphatic carbocycles. The number of fused-ring (bicyclic) bond motifs is 1. The number of likely N-dealkylation sites (tertiary alicyclic amines) is 1. The van der Waals surface area contributed by atoms with Crippen LogP contribution in [0, 0.1) is 0 Å². The molecule has 0 atom stereocenters. The van der Waals surface area contributed by atoms with Gasteiger partial charge in [-0.3, -0.25) is 4.79 Å². The van der Waals surface area contributed by atoms with Crippen LogP contribution in [0.4, 0.5) is 5.69 Å². The normalized spacial score (nSPS) is 16.6. The van der Waals surface area contributed by atoms with Crippen molar-refractivity contribution in [2.24, 2.45) is 4.40 Å². The highest BCUT2D eigenvalue weighted by molar-refractivity contribution is 7.90. The topological polar surface area (TPSA) is 96.1 Å². The summed E-state index contributed by atoms with van der Waals surface area (Å²) in [6, 6.07) is 11.5. The average Bonchev–Trinajstić information content (AvgIpc) is 3.07. The molecule has 3 aromatic rings. The number of sulfonamides is 1. The first-order valence-corrected chi connectivity index (χ1v) is 11.3. The molecule has 0 saturated carbocycles. The van der Waals surface area contributed by atoms with Gasteiger partial charge in [-0.15, -0.1) is 4.40 Å². The van der Waals surface area contributed by atoms with Gasteiger partial charge < -0.3 is 14.6 Å². The van der Waals surface area contributed by atoms with Crippen LogP contribution in [0.15, 0.2) is 64.2 Å². The quantitative estimate of drug-likeness (QED) is 0.693. The zero-order valence-corrected chi connectivity index (χ0v) is 17.5. The molecule has 2 aromatic heterocycles. The molecule has 30 heavy (non-hydrogen) atoms. The average molecular weight is 426 g/mol. The first kappa shape index (κ1) is 20.1. The molecule has 1 N–H and O–H groups in total. The first-order chi connectivity index (χ1) is 14.4. The van der Waals surface area contributed by atoms with Gasteiger partial charge in [0.1, 0.15) is 17.2 Å². The van der Waals surface area contributed by atoms with Gasteiger partial charge in [0.2, 0.25) is 0 Å². The van der Waals surface area contributed by atoms with Crippen LogP contribution >= 0.6 is 0 Å². The molecule has 1 amide bonds. The zero-order valence-electron chi connectivity index (χ0n) is 16.7. The molecule has 0 radical (unpaired) electrons. The minimum atomic E-state index is -3.81. The number of amidine groups is 1. The number of hydrogen-bond donors (Lipinski definition) is 1. The molecule has 3 heterocycles. The summed E-state index contributed by atoms with van der Waals surface area (Å²) in [7, 11) is -1.93. The van der Waals surface area contributed by atoms with E-state index in [9.17, 15) is 13.2 Å². The molecule has 0 unspecified atom stereocenters. The van der Waals surface area contributed by atoms with E-state index in [4.69, 9.17) is 0 Å². The number of anilines is 1. The minimum absolute atomic E-state index is 0.0957. The van der Waals surface area contributed by atoms with Crippen LogP contribution in [0.3, 0.4) is 0 Å². The van der Waals surface area contributed by atoms with Crippen molar-refractivity contribution in [2.75, 3.05) is 18.9 Å². The van der Waals surface area contributed by atoms with Crippen molar-refractivity contribution in [3.05, 3.63) is 60.6 Å². The molecular weight excluding hydrogens is 402 g/mol. The smallest absolute Gasteiger partial charge is 0.283 e. The summed E-state index contributed by atoms with van der Waals surface area (Å²) >= 11 is 0. The standard InChI is InChI=1S/C21H23N5O3S/c1-25-13-5-2-3-8-20(25)24-30(28,29)17-11-9-16(10-12-17)22-21(27)18-15-26-14-6-4-7-19(26)23-18/h4,6-7,9-12,14-15H,2-3,5,8,13H2,1H3,(H,22,27). The van der Waals surface area contributed by atoms with Crippen LogP contribution in [-0.4, -0.2) is 48.0 Å². The predicted octanol–water partition coefficient (Wildman–Crippen LogP) is 3.18. The van der Waals surface area contributed by atoms with Crippen LogP contribution in [0.5, 0.6) is 0 Å². The van der Waals surface area contributed by atoms with E-state index < -0.39 is 10.0 Å². The third-order valence-corrected chi connectivity index (χ3v) is 6.39. The predicted molar refractivity (Wildman–Crippen MR) is 115 cm³/mol. The number of aromatic nitrogens is 2. The largest absolute Gasteiger partial charge is 0.362 e. The maximum absolute atomic E-state index is 12.7. The summed E-state index contributed by atoms with van der Waals surface area (Å²) in [6.45, 7) is 0.808. The molecule has 156 valence electrons. The lowest BCUT2D eigenvalue weighted by Crippen LogP contribution is -2.26. The van der Waals surface area contributed by atoms with Crippen molar-refractivity contribution in [3.8, 4) is 0 Å². The van der Waals surface area contributed by atoms with Crippen molar-refractivity contribution < 1.29 is 13.2 Å². The van der Waals surface area contributed by atoms with E-state index in [1.54, 1.807) is 22.7 Å². The van der Waals surface area contributed by atoms with E-state index in [2.05, 4.69) is 14.7 Å². The lowest BCUT2D eigenvalue weighted by Gasteiger charge is -2.17. The molecule has 0 bridgehead atoms. The lowest BCUT2D eigenvalue weighted by atomic mass is 10.2. The summed E-state index contributed by atoms with van der Waals surface area (Å²) in [6.07, 6.45) is 7.16. The van der Waals surface area contributed by atoms with Crippen LogP contribution in [-0.2, 0) is 10.0 Å². The number of rotatable bonds is 4. The second kappa shape index (κ2) is 8.27. The second-order valence-electron chi connectivity index (χ2n) is 7.29. The van der Waals surface area contributed by atoms with E-state index >= 15 is 0 Å². The lowest BCUT2D eigenvalue weighted by molar-refractivity contribution is 0.102. The minimum Gasteiger partial charge on any atom is -0.362 e. The number of benzene rings is 1. The van der Waals surface area contributed by atoms with Crippen LogP contribution in [0.1, 0.15) is 36.2 Å². The molecule has 1 aliphatic heterocycles. The van der Waals surface area contributed by atoms with Crippen molar-refractivity contribution in [2.45, 2.75) is 30.6 Å². The monoisotopic (exact) mass is 425 g/mol. The Balaban J connectivity index is 1.49. The molecule has 9 heteroatoms. The SMILES string of the molecule is CN1CCCCCC1=NS(=O)(=O)c1ccc(NC(=O)c2cn3ccccc3n2)cc1. The highest BCUT2D eigenvalue weighted by Gasteiger charge is 2.18. The Bertz CT molecular complexity index is 1170. The number of amides is 1. The molecule has 1 aliphatic rings. The zero-order chi connectivity index (χ0) is 21.1. The van der Waals surface area contributed by atoms with E-state index in [0.29, 0.717) is 23.6 Å². The van der Waals surface area contributed by atoms with E-state index in [-0.39, 0.29) is 16.5 Å². The van der Waals surface area contributed by atoms with Gasteiger partial charge in [-0.2, -0.15) is 8.42 Å². The van der Waals surface area contributed by atoms with Gasteiger partial charge in [0.05, 0.1) is 4.90 Å². The Morgan fingerprint density at radius 3 is 2.67 bits per heavy atom. The van der Waals surface area contributed by atoms with Crippen molar-refractivity contribution in [1.82, 2.24) is 14.3 Å². The van der Waals surface area contributed by atoms with Gasteiger partial charge in [0.15, 0.2) is 0 Å². The summed E-state index contributed by atoms with van der Waals surface area (Å²) in [5.74, 6) is 0.228. The van der Waals surface area contributed by atoms with E-state index in [1.807, 2.05) is 36.3 Å². The second-order valence-corrected chi connectivity index (χ2v) is 8.89. The Labute approximate surface area is 175 Å². The third-order valence-electron chi connectivity index (χ3n) is 5.07. The molecule has 4 rings (SSSR count). The Kier molecular flexibility index (Phi) is 5.54. The highest BCUT2D eigenvalue weighted by atomic mass is 32.2. The number of nitrogens with zero attached hydrogens (tertiary/aromatic N) is 4. The molecule has 1 aromatic carbocycles. The van der Waals surface area contributed by atoms with Crippen LogP contribution in [0.25, 0.3) is 5.65 Å². The molecule has 1 fully saturated rings. The number of nitrogens with one attached hydrogen (secondary N) is 1. The number of carbonyl (C=O) groups is 1. The fourth-order valence-corrected chi connectivity index (χ4v) is 4.48. The highest BCUT2D eigenvalue weighted by Crippen LogP contribution is 2.19. The Morgan fingerprint density at radius 2 is 1.90 bits per heavy atom. The fraction of sp³-hybridized carbons (Fsp3) is 0.286. The molecular formula is C21H23N5O3S. The van der Waals surface area contributed by atoms with Crippen LogP contribution in [0.2, 0.25) is 0 Å². The number of imidazole rings is 1. The van der Waals surface area contributed by atoms with Gasteiger partial charge in [0.25, 0.3) is 15.9 Å². The first-order valence-electron chi connectivity index (χ1n) is 9.82. The molecule has 8 nitrogen and oxygen atoms in total. The number of pyridine rings is 1. The van der Waals surface area contributed by atoms with Gasteiger partial charge >= 0.3 is 0 Å². The third kappa shape index (κ3) is 4.35. The van der Waals surface area contributed by atoms with Gasteiger partial charge in [0, 0.05) is 38.1 Å². The summed E-state index contributed by atoms with van der Waals surface area (Å²) in [5, 5.41) is 2.74. The summed E-state index contributed by atoms with van der Waals surface area (Å²) in [4.78, 5) is 18.7.